The van der Waals surface area contributed by atoms with Crippen molar-refractivity contribution in [2.75, 3.05) is 0 Å². The van der Waals surface area contributed by atoms with Crippen LogP contribution in [-0.4, -0.2) is 5.11 Å². The van der Waals surface area contributed by atoms with Crippen molar-refractivity contribution in [3.05, 3.63) is 70.8 Å². The number of rotatable bonds is 1. The minimum Gasteiger partial charge on any atom is -0.507 e. The van der Waals surface area contributed by atoms with Crippen LogP contribution < -0.4 is 4.74 Å². The quantitative estimate of drug-likeness (QED) is 0.528. The zero-order valence-electron chi connectivity index (χ0n) is 17.1. The molecule has 0 saturated carbocycles. The number of phenolic OH excluding ortho intramolecular Hbond substituents is 1. The van der Waals surface area contributed by atoms with Crippen molar-refractivity contribution in [1.29, 1.82) is 0 Å². The molecule has 1 heterocycles. The lowest BCUT2D eigenvalue weighted by molar-refractivity contribution is 0.260. The molecule has 1 aliphatic heterocycles. The molecule has 1 N–H and O–H groups in total. The van der Waals surface area contributed by atoms with Gasteiger partial charge in [-0.05, 0) is 22.5 Å². The van der Waals surface area contributed by atoms with Crippen LogP contribution in [0.15, 0.2) is 48.5 Å². The first-order valence-electron chi connectivity index (χ1n) is 9.64. The molecule has 0 spiro atoms. The third-order valence-corrected chi connectivity index (χ3v) is 5.49. The maximum absolute atomic E-state index is 11.1. The van der Waals surface area contributed by atoms with Gasteiger partial charge >= 0.3 is 0 Å². The Morgan fingerprint density at radius 2 is 1.44 bits per heavy atom. The predicted molar refractivity (Wildman–Crippen MR) is 112 cm³/mol. The molecule has 1 unspecified atom stereocenters. The molecule has 0 saturated heterocycles. The van der Waals surface area contributed by atoms with Gasteiger partial charge in [-0.15, -0.1) is 0 Å². The van der Waals surface area contributed by atoms with E-state index in [0.717, 1.165) is 33.2 Å². The Kier molecular flexibility index (Phi) is 3.82. The zero-order chi connectivity index (χ0) is 19.6. The van der Waals surface area contributed by atoms with Crippen molar-refractivity contribution in [3.63, 3.8) is 0 Å². The van der Waals surface area contributed by atoms with Crippen molar-refractivity contribution >= 4 is 10.8 Å². The summed E-state index contributed by atoms with van der Waals surface area (Å²) in [6.45, 7) is 13.0. The Morgan fingerprint density at radius 1 is 0.815 bits per heavy atom. The SMILES string of the molecule is CC(C)(C)c1cc2c3c(c(C(C)(C)C)ccc3c1O)OC2c1ccccc1. The Balaban J connectivity index is 2.08. The van der Waals surface area contributed by atoms with Crippen molar-refractivity contribution in [1.82, 2.24) is 0 Å². The molecule has 140 valence electrons. The summed E-state index contributed by atoms with van der Waals surface area (Å²) in [5, 5.41) is 13.0. The molecule has 1 atom stereocenters. The highest BCUT2D eigenvalue weighted by atomic mass is 16.5. The molecule has 0 aromatic heterocycles. The van der Waals surface area contributed by atoms with Crippen LogP contribution in [0.3, 0.4) is 0 Å². The lowest BCUT2D eigenvalue weighted by atomic mass is 9.80. The van der Waals surface area contributed by atoms with Gasteiger partial charge in [-0.2, -0.15) is 0 Å². The van der Waals surface area contributed by atoms with E-state index in [4.69, 9.17) is 4.74 Å². The van der Waals surface area contributed by atoms with Crippen LogP contribution in [0.4, 0.5) is 0 Å². The molecule has 0 bridgehead atoms. The molecular formula is C25H28O2. The minimum absolute atomic E-state index is 0.0370. The van der Waals surface area contributed by atoms with E-state index in [1.165, 1.54) is 5.56 Å². The van der Waals surface area contributed by atoms with Gasteiger partial charge in [-0.25, -0.2) is 0 Å². The summed E-state index contributed by atoms with van der Waals surface area (Å²) >= 11 is 0. The standard InChI is InChI=1S/C25H28O2/c1-24(2,3)18-13-12-16-20-17(14-19(21(16)26)25(4,5)6)22(27-23(18)20)15-10-8-7-9-11-15/h7-14,22,26H,1-6H3. The maximum Gasteiger partial charge on any atom is 0.150 e. The molecular weight excluding hydrogens is 332 g/mol. The second-order valence-corrected chi connectivity index (χ2v) is 9.64. The van der Waals surface area contributed by atoms with Gasteiger partial charge in [0.1, 0.15) is 17.6 Å². The largest absolute Gasteiger partial charge is 0.507 e. The first-order valence-corrected chi connectivity index (χ1v) is 9.64. The first kappa shape index (κ1) is 17.9. The molecule has 3 aromatic rings. The van der Waals surface area contributed by atoms with Crippen molar-refractivity contribution in [2.45, 2.75) is 58.5 Å². The van der Waals surface area contributed by atoms with E-state index < -0.39 is 0 Å². The smallest absolute Gasteiger partial charge is 0.150 e. The Labute approximate surface area is 161 Å². The van der Waals surface area contributed by atoms with Gasteiger partial charge in [0, 0.05) is 27.5 Å². The van der Waals surface area contributed by atoms with Crippen LogP contribution in [0.25, 0.3) is 10.8 Å². The van der Waals surface area contributed by atoms with E-state index in [1.54, 1.807) is 0 Å². The van der Waals surface area contributed by atoms with Crippen LogP contribution in [0.2, 0.25) is 0 Å². The fourth-order valence-electron chi connectivity index (χ4n) is 4.06. The van der Waals surface area contributed by atoms with Gasteiger partial charge in [0.25, 0.3) is 0 Å². The summed E-state index contributed by atoms with van der Waals surface area (Å²) in [4.78, 5) is 0. The molecule has 2 heteroatoms. The van der Waals surface area contributed by atoms with Gasteiger partial charge in [0.05, 0.1) is 0 Å². The highest BCUT2D eigenvalue weighted by molar-refractivity contribution is 6.00. The molecule has 0 amide bonds. The zero-order valence-corrected chi connectivity index (χ0v) is 17.1. The van der Waals surface area contributed by atoms with Gasteiger partial charge < -0.3 is 9.84 Å². The summed E-state index contributed by atoms with van der Waals surface area (Å²) in [6, 6.07) is 16.7. The summed E-state index contributed by atoms with van der Waals surface area (Å²) in [5.74, 6) is 1.29. The number of hydrogen-bond acceptors (Lipinski definition) is 2. The van der Waals surface area contributed by atoms with Crippen LogP contribution in [0.1, 0.15) is 69.9 Å². The minimum atomic E-state index is -0.151. The third-order valence-electron chi connectivity index (χ3n) is 5.49. The van der Waals surface area contributed by atoms with Gasteiger partial charge in [0.2, 0.25) is 0 Å². The molecule has 3 aromatic carbocycles. The second-order valence-electron chi connectivity index (χ2n) is 9.64. The number of hydrogen-bond donors (Lipinski definition) is 1. The summed E-state index contributed by atoms with van der Waals surface area (Å²) < 4.78 is 6.58. The third kappa shape index (κ3) is 2.79. The molecule has 27 heavy (non-hydrogen) atoms. The van der Waals surface area contributed by atoms with E-state index in [2.05, 4.69) is 84.0 Å². The molecule has 0 fully saturated rings. The Bertz CT molecular complexity index is 1020. The van der Waals surface area contributed by atoms with Crippen LogP contribution in [0.5, 0.6) is 11.5 Å². The average molecular weight is 360 g/mol. The topological polar surface area (TPSA) is 29.5 Å². The second kappa shape index (κ2) is 5.76. The summed E-state index contributed by atoms with van der Waals surface area (Å²) in [6.07, 6.45) is -0.145. The van der Waals surface area contributed by atoms with E-state index in [0.29, 0.717) is 5.75 Å². The highest BCUT2D eigenvalue weighted by Crippen LogP contribution is 2.52. The van der Waals surface area contributed by atoms with Crippen molar-refractivity contribution in [2.24, 2.45) is 0 Å². The first-order chi connectivity index (χ1) is 12.6. The lowest BCUT2D eigenvalue weighted by Gasteiger charge is -2.24. The number of ether oxygens (including phenoxy) is 1. The maximum atomic E-state index is 11.1. The summed E-state index contributed by atoms with van der Waals surface area (Å²) in [5.41, 5.74) is 4.25. The van der Waals surface area contributed by atoms with Gasteiger partial charge in [-0.3, -0.25) is 0 Å². The highest BCUT2D eigenvalue weighted by Gasteiger charge is 2.35. The lowest BCUT2D eigenvalue weighted by Crippen LogP contribution is -2.13. The normalized spacial score (nSPS) is 16.6. The van der Waals surface area contributed by atoms with Crippen LogP contribution in [0, 0.1) is 0 Å². The van der Waals surface area contributed by atoms with E-state index in [1.807, 2.05) is 6.07 Å². The molecule has 2 nitrogen and oxygen atoms in total. The molecule has 1 aliphatic rings. The molecule has 0 radical (unpaired) electrons. The number of phenols is 1. The Morgan fingerprint density at radius 3 is 2.04 bits per heavy atom. The number of aromatic hydroxyl groups is 1. The van der Waals surface area contributed by atoms with Gasteiger partial charge in [0.15, 0.2) is 0 Å². The Hall–Kier alpha value is -2.48. The van der Waals surface area contributed by atoms with Gasteiger partial charge in [-0.1, -0.05) is 84.0 Å². The fourth-order valence-corrected chi connectivity index (χ4v) is 4.06. The van der Waals surface area contributed by atoms with E-state index >= 15 is 0 Å². The van der Waals surface area contributed by atoms with E-state index in [-0.39, 0.29) is 16.9 Å². The van der Waals surface area contributed by atoms with Crippen molar-refractivity contribution < 1.29 is 9.84 Å². The monoisotopic (exact) mass is 360 g/mol. The molecule has 0 aliphatic carbocycles. The summed E-state index contributed by atoms with van der Waals surface area (Å²) in [7, 11) is 0. The van der Waals surface area contributed by atoms with Crippen LogP contribution in [-0.2, 0) is 10.8 Å². The fraction of sp³-hybridized carbons (Fsp3) is 0.360. The molecule has 4 rings (SSSR count). The predicted octanol–water partition coefficient (Wildman–Crippen LogP) is 6.62. The van der Waals surface area contributed by atoms with Crippen LogP contribution >= 0.6 is 0 Å². The van der Waals surface area contributed by atoms with Crippen molar-refractivity contribution in [3.8, 4) is 11.5 Å². The number of benzene rings is 3. The van der Waals surface area contributed by atoms with E-state index in [9.17, 15) is 5.11 Å². The average Bonchev–Trinajstić information content (AvgIpc) is 2.96.